The van der Waals surface area contributed by atoms with Crippen molar-refractivity contribution >= 4 is 29.9 Å². The van der Waals surface area contributed by atoms with Crippen molar-refractivity contribution in [1.82, 2.24) is 15.2 Å². The smallest absolute Gasteiger partial charge is 0.250 e. The second-order valence-corrected chi connectivity index (χ2v) is 3.69. The third kappa shape index (κ3) is 3.97. The summed E-state index contributed by atoms with van der Waals surface area (Å²) in [5.41, 5.74) is 0. The lowest BCUT2D eigenvalue weighted by Gasteiger charge is -2.15. The molecule has 5 nitrogen and oxygen atoms in total. The maximum atomic E-state index is 13.1. The van der Waals surface area contributed by atoms with Gasteiger partial charge in [-0.2, -0.15) is 0 Å². The Morgan fingerprint density at radius 1 is 1.56 bits per heavy atom. The van der Waals surface area contributed by atoms with E-state index in [9.17, 15) is 4.39 Å². The molecule has 0 radical (unpaired) electrons. The Bertz CT molecular complexity index is 416. The predicted molar refractivity (Wildman–Crippen MR) is 78.0 cm³/mol. The zero-order chi connectivity index (χ0) is 12.1. The molecule has 0 bridgehead atoms. The van der Waals surface area contributed by atoms with Crippen LogP contribution in [-0.4, -0.2) is 49.1 Å². The molecule has 0 amide bonds. The number of nitrogens with one attached hydrogen (secondary N) is 1. The summed E-state index contributed by atoms with van der Waals surface area (Å²) in [5.74, 6) is 0.453. The Labute approximate surface area is 122 Å². The normalized spacial score (nSPS) is 13.9. The van der Waals surface area contributed by atoms with E-state index in [0.717, 1.165) is 19.0 Å². The zero-order valence-corrected chi connectivity index (χ0v) is 12.4. The molecule has 2 rings (SSSR count). The molecule has 0 atom stereocenters. The van der Waals surface area contributed by atoms with Crippen LogP contribution in [0.3, 0.4) is 0 Å². The molecule has 1 aliphatic heterocycles. The molecule has 0 aliphatic carbocycles. The molecule has 1 N–H and O–H groups in total. The van der Waals surface area contributed by atoms with Crippen LogP contribution in [-0.2, 0) is 0 Å². The predicted octanol–water partition coefficient (Wildman–Crippen LogP) is 1.11. The van der Waals surface area contributed by atoms with E-state index < -0.39 is 5.82 Å². The van der Waals surface area contributed by atoms with Gasteiger partial charge in [0, 0.05) is 19.8 Å². The second kappa shape index (κ2) is 7.34. The minimum absolute atomic E-state index is 0. The first kappa shape index (κ1) is 14.9. The van der Waals surface area contributed by atoms with Gasteiger partial charge in [-0.3, -0.25) is 4.99 Å². The molecule has 18 heavy (non-hydrogen) atoms. The Hall–Kier alpha value is -1.12. The molecule has 1 aromatic heterocycles. The number of nitrogens with zero attached hydrogens (tertiary/aromatic N) is 3. The molecular weight excluding hydrogens is 350 g/mol. The summed E-state index contributed by atoms with van der Waals surface area (Å²) in [6.07, 6.45) is 1.50. The van der Waals surface area contributed by atoms with Crippen LogP contribution in [0.25, 0.3) is 0 Å². The van der Waals surface area contributed by atoms with Crippen LogP contribution in [0.4, 0.5) is 4.39 Å². The number of hydrogen-bond acceptors (Lipinski definition) is 5. The van der Waals surface area contributed by atoms with Crippen LogP contribution in [0, 0.1) is 5.82 Å². The monoisotopic (exact) mass is 366 g/mol. The number of aliphatic imine (C=N–C) groups is 1. The highest BCUT2D eigenvalue weighted by molar-refractivity contribution is 14.0. The number of aromatic nitrogens is 1. The van der Waals surface area contributed by atoms with Crippen molar-refractivity contribution in [2.24, 2.45) is 4.99 Å². The average molecular weight is 366 g/mol. The van der Waals surface area contributed by atoms with Crippen molar-refractivity contribution in [2.75, 3.05) is 33.3 Å². The second-order valence-electron chi connectivity index (χ2n) is 3.69. The van der Waals surface area contributed by atoms with Gasteiger partial charge in [-0.25, -0.2) is 9.37 Å². The highest BCUT2D eigenvalue weighted by Gasteiger charge is 2.11. The first-order valence-electron chi connectivity index (χ1n) is 5.50. The van der Waals surface area contributed by atoms with Gasteiger partial charge >= 0.3 is 0 Å². The first-order chi connectivity index (χ1) is 8.27. The number of halogens is 2. The van der Waals surface area contributed by atoms with Crippen LogP contribution >= 0.6 is 24.0 Å². The molecule has 0 aromatic carbocycles. The SMILES string of the molecule is CN1CCN=C1NCCOc1ncccc1F.I. The maximum Gasteiger partial charge on any atom is 0.250 e. The minimum Gasteiger partial charge on any atom is -0.474 e. The standard InChI is InChI=1S/C11H15FN4O.HI/c1-16-7-5-14-11(16)15-6-8-17-10-9(12)3-2-4-13-10;/h2-4H,5-8H2,1H3,(H,14,15);1H. The van der Waals surface area contributed by atoms with E-state index in [1.807, 2.05) is 11.9 Å². The summed E-state index contributed by atoms with van der Waals surface area (Å²) in [7, 11) is 1.97. The van der Waals surface area contributed by atoms with E-state index in [0.29, 0.717) is 13.2 Å². The first-order valence-corrected chi connectivity index (χ1v) is 5.50. The zero-order valence-electron chi connectivity index (χ0n) is 10.1. The highest BCUT2D eigenvalue weighted by Crippen LogP contribution is 2.10. The lowest BCUT2D eigenvalue weighted by Crippen LogP contribution is -2.37. The highest BCUT2D eigenvalue weighted by atomic mass is 127. The van der Waals surface area contributed by atoms with E-state index in [4.69, 9.17) is 4.74 Å². The van der Waals surface area contributed by atoms with Crippen LogP contribution in [0.15, 0.2) is 23.3 Å². The van der Waals surface area contributed by atoms with Gasteiger partial charge in [0.05, 0.1) is 13.1 Å². The topological polar surface area (TPSA) is 49.8 Å². The van der Waals surface area contributed by atoms with Crippen molar-refractivity contribution in [1.29, 1.82) is 0 Å². The van der Waals surface area contributed by atoms with Crippen molar-refractivity contribution in [3.63, 3.8) is 0 Å². The van der Waals surface area contributed by atoms with Crippen molar-refractivity contribution in [3.05, 3.63) is 24.1 Å². The minimum atomic E-state index is -0.442. The van der Waals surface area contributed by atoms with Crippen molar-refractivity contribution < 1.29 is 9.13 Å². The Kier molecular flexibility index (Phi) is 6.10. The number of likely N-dealkylation sites (N-methyl/N-ethyl adjacent to an activating group) is 1. The molecule has 1 aliphatic rings. The lowest BCUT2D eigenvalue weighted by atomic mass is 10.5. The molecule has 0 spiro atoms. The number of hydrogen-bond donors (Lipinski definition) is 1. The number of ether oxygens (including phenoxy) is 1. The molecule has 1 aromatic rings. The molecule has 0 saturated heterocycles. The molecule has 100 valence electrons. The van der Waals surface area contributed by atoms with Crippen LogP contribution in [0.5, 0.6) is 5.88 Å². The van der Waals surface area contributed by atoms with E-state index >= 15 is 0 Å². The average Bonchev–Trinajstić information content (AvgIpc) is 2.73. The Morgan fingerprint density at radius 2 is 2.39 bits per heavy atom. The van der Waals surface area contributed by atoms with Gasteiger partial charge in [0.25, 0.3) is 0 Å². The van der Waals surface area contributed by atoms with Gasteiger partial charge < -0.3 is 15.0 Å². The maximum absolute atomic E-state index is 13.1. The molecule has 2 heterocycles. The Morgan fingerprint density at radius 3 is 3.06 bits per heavy atom. The summed E-state index contributed by atoms with van der Waals surface area (Å²) in [6, 6.07) is 2.85. The molecule has 7 heteroatoms. The van der Waals surface area contributed by atoms with Gasteiger partial charge in [-0.05, 0) is 12.1 Å². The molecule has 0 fully saturated rings. The summed E-state index contributed by atoms with van der Waals surface area (Å²) in [5, 5.41) is 3.12. The van der Waals surface area contributed by atoms with Crippen LogP contribution in [0.1, 0.15) is 0 Å². The fraction of sp³-hybridized carbons (Fsp3) is 0.455. The largest absolute Gasteiger partial charge is 0.474 e. The van der Waals surface area contributed by atoms with Gasteiger partial charge in [0.15, 0.2) is 11.8 Å². The summed E-state index contributed by atoms with van der Waals surface area (Å²) in [4.78, 5) is 10.1. The van der Waals surface area contributed by atoms with Crippen LogP contribution < -0.4 is 10.1 Å². The van der Waals surface area contributed by atoms with Gasteiger partial charge in [0.1, 0.15) is 6.61 Å². The van der Waals surface area contributed by atoms with E-state index in [-0.39, 0.29) is 29.9 Å². The third-order valence-electron chi connectivity index (χ3n) is 2.41. The number of guanidine groups is 1. The third-order valence-corrected chi connectivity index (χ3v) is 2.41. The van der Waals surface area contributed by atoms with Crippen molar-refractivity contribution in [3.8, 4) is 5.88 Å². The van der Waals surface area contributed by atoms with E-state index in [2.05, 4.69) is 15.3 Å². The van der Waals surface area contributed by atoms with Crippen LogP contribution in [0.2, 0.25) is 0 Å². The van der Waals surface area contributed by atoms with Crippen molar-refractivity contribution in [2.45, 2.75) is 0 Å². The molecule has 0 saturated carbocycles. The number of pyridine rings is 1. The van der Waals surface area contributed by atoms with Gasteiger partial charge in [-0.15, -0.1) is 24.0 Å². The van der Waals surface area contributed by atoms with Gasteiger partial charge in [0.2, 0.25) is 5.88 Å². The summed E-state index contributed by atoms with van der Waals surface area (Å²) in [6.45, 7) is 2.66. The number of rotatable bonds is 4. The Balaban J connectivity index is 0.00000162. The fourth-order valence-corrected chi connectivity index (χ4v) is 1.51. The van der Waals surface area contributed by atoms with Gasteiger partial charge in [-0.1, -0.05) is 0 Å². The lowest BCUT2D eigenvalue weighted by molar-refractivity contribution is 0.291. The summed E-state index contributed by atoms with van der Waals surface area (Å²) < 4.78 is 18.3. The molecule has 0 unspecified atom stereocenters. The van der Waals surface area contributed by atoms with E-state index in [1.165, 1.54) is 18.3 Å². The van der Waals surface area contributed by atoms with E-state index in [1.54, 1.807) is 0 Å². The summed E-state index contributed by atoms with van der Waals surface area (Å²) >= 11 is 0. The quantitative estimate of drug-likeness (QED) is 0.641. The fourth-order valence-electron chi connectivity index (χ4n) is 1.51. The molecular formula is C11H16FIN4O.